The molecule has 1 N–H and O–H groups in total. The number of rotatable bonds is 1. The average Bonchev–Trinajstić information content (AvgIpc) is 2.46. The molecule has 0 aromatic carbocycles. The van der Waals surface area contributed by atoms with Crippen LogP contribution < -0.4 is 0 Å². The Labute approximate surface area is 79.2 Å². The SMILES string of the molecule is Cc1cc2nnc(C)n2c(C(=O)O)n1. The van der Waals surface area contributed by atoms with Gasteiger partial charge in [-0.25, -0.2) is 9.78 Å². The van der Waals surface area contributed by atoms with E-state index in [1.807, 2.05) is 0 Å². The summed E-state index contributed by atoms with van der Waals surface area (Å²) in [6.07, 6.45) is 0. The van der Waals surface area contributed by atoms with Crippen molar-refractivity contribution in [3.05, 3.63) is 23.4 Å². The zero-order valence-electron chi connectivity index (χ0n) is 7.72. The molecule has 2 rings (SSSR count). The molecule has 0 aliphatic rings. The van der Waals surface area contributed by atoms with Crippen molar-refractivity contribution in [2.24, 2.45) is 0 Å². The number of aromatic nitrogens is 4. The highest BCUT2D eigenvalue weighted by Gasteiger charge is 2.14. The number of carbonyl (C=O) groups is 1. The quantitative estimate of drug-likeness (QED) is 0.709. The van der Waals surface area contributed by atoms with Crippen LogP contribution in [-0.4, -0.2) is 30.7 Å². The molecule has 0 bridgehead atoms. The summed E-state index contributed by atoms with van der Waals surface area (Å²) < 4.78 is 1.41. The van der Waals surface area contributed by atoms with Crippen molar-refractivity contribution in [2.75, 3.05) is 0 Å². The lowest BCUT2D eigenvalue weighted by molar-refractivity contribution is 0.0681. The molecule has 0 saturated heterocycles. The summed E-state index contributed by atoms with van der Waals surface area (Å²) in [7, 11) is 0. The molecule has 14 heavy (non-hydrogen) atoms. The van der Waals surface area contributed by atoms with Gasteiger partial charge in [0.25, 0.3) is 0 Å². The first-order chi connectivity index (χ1) is 6.59. The summed E-state index contributed by atoms with van der Waals surface area (Å²) >= 11 is 0. The zero-order valence-corrected chi connectivity index (χ0v) is 7.72. The summed E-state index contributed by atoms with van der Waals surface area (Å²) in [4.78, 5) is 14.8. The van der Waals surface area contributed by atoms with E-state index in [-0.39, 0.29) is 5.82 Å². The van der Waals surface area contributed by atoms with Crippen LogP contribution in [0.2, 0.25) is 0 Å². The van der Waals surface area contributed by atoms with Crippen LogP contribution in [0, 0.1) is 13.8 Å². The van der Waals surface area contributed by atoms with Crippen molar-refractivity contribution >= 4 is 11.6 Å². The van der Waals surface area contributed by atoms with E-state index in [4.69, 9.17) is 5.11 Å². The molecule has 6 nitrogen and oxygen atoms in total. The third-order valence-corrected chi connectivity index (χ3v) is 1.87. The predicted octanol–water partition coefficient (Wildman–Crippen LogP) is 0.439. The van der Waals surface area contributed by atoms with Crippen LogP contribution >= 0.6 is 0 Å². The Bertz CT molecular complexity index is 517. The highest BCUT2D eigenvalue weighted by molar-refractivity contribution is 5.84. The number of hydrogen-bond donors (Lipinski definition) is 1. The smallest absolute Gasteiger partial charge is 0.372 e. The van der Waals surface area contributed by atoms with E-state index in [9.17, 15) is 4.79 Å². The van der Waals surface area contributed by atoms with Gasteiger partial charge in [0.15, 0.2) is 5.65 Å². The van der Waals surface area contributed by atoms with Crippen molar-refractivity contribution in [3.8, 4) is 0 Å². The van der Waals surface area contributed by atoms with Gasteiger partial charge in [0.2, 0.25) is 5.82 Å². The molecule has 0 atom stereocenters. The first-order valence-corrected chi connectivity index (χ1v) is 4.02. The van der Waals surface area contributed by atoms with E-state index in [1.165, 1.54) is 4.40 Å². The van der Waals surface area contributed by atoms with Crippen molar-refractivity contribution in [2.45, 2.75) is 13.8 Å². The number of aromatic carboxylic acids is 1. The second-order valence-electron chi connectivity index (χ2n) is 2.97. The molecule has 0 amide bonds. The lowest BCUT2D eigenvalue weighted by Crippen LogP contribution is -2.10. The number of carboxylic acid groups (broad SMARTS) is 1. The number of fused-ring (bicyclic) bond motifs is 1. The summed E-state index contributed by atoms with van der Waals surface area (Å²) in [5, 5.41) is 16.5. The van der Waals surface area contributed by atoms with Crippen molar-refractivity contribution in [1.29, 1.82) is 0 Å². The van der Waals surface area contributed by atoms with Gasteiger partial charge in [-0.15, -0.1) is 10.2 Å². The van der Waals surface area contributed by atoms with Gasteiger partial charge in [-0.1, -0.05) is 0 Å². The van der Waals surface area contributed by atoms with Gasteiger partial charge in [-0.2, -0.15) is 0 Å². The van der Waals surface area contributed by atoms with E-state index in [2.05, 4.69) is 15.2 Å². The van der Waals surface area contributed by atoms with E-state index >= 15 is 0 Å². The molecule has 6 heteroatoms. The first-order valence-electron chi connectivity index (χ1n) is 4.02. The summed E-state index contributed by atoms with van der Waals surface area (Å²) in [6, 6.07) is 1.69. The Balaban J connectivity index is 2.90. The van der Waals surface area contributed by atoms with Crippen LogP contribution in [0.4, 0.5) is 0 Å². The normalized spacial score (nSPS) is 10.7. The fraction of sp³-hybridized carbons (Fsp3) is 0.250. The molecule has 0 unspecified atom stereocenters. The van der Waals surface area contributed by atoms with Crippen LogP contribution in [-0.2, 0) is 0 Å². The van der Waals surface area contributed by atoms with Crippen LogP contribution in [0.5, 0.6) is 0 Å². The maximum Gasteiger partial charge on any atom is 0.372 e. The minimum Gasteiger partial charge on any atom is -0.475 e. The van der Waals surface area contributed by atoms with Gasteiger partial charge in [0.1, 0.15) is 5.82 Å². The average molecular weight is 192 g/mol. The van der Waals surface area contributed by atoms with Crippen LogP contribution in [0.15, 0.2) is 6.07 Å². The van der Waals surface area contributed by atoms with Crippen molar-refractivity contribution in [3.63, 3.8) is 0 Å². The third-order valence-electron chi connectivity index (χ3n) is 1.87. The molecular weight excluding hydrogens is 184 g/mol. The Kier molecular flexibility index (Phi) is 1.70. The molecule has 2 heterocycles. The maximum atomic E-state index is 10.9. The molecule has 0 radical (unpaired) electrons. The molecule has 2 aromatic rings. The Morgan fingerprint density at radius 2 is 2.14 bits per heavy atom. The molecular formula is C8H8N4O2. The second kappa shape index (κ2) is 2.76. The third kappa shape index (κ3) is 1.12. The van der Waals surface area contributed by atoms with Gasteiger partial charge >= 0.3 is 5.97 Å². The highest BCUT2D eigenvalue weighted by Crippen LogP contribution is 2.07. The maximum absolute atomic E-state index is 10.9. The molecule has 0 saturated carbocycles. The van der Waals surface area contributed by atoms with Crippen LogP contribution in [0.25, 0.3) is 5.65 Å². The number of aryl methyl sites for hydroxylation is 2. The standard InChI is InChI=1S/C8H8N4O2/c1-4-3-6-11-10-5(2)12(6)7(9-4)8(13)14/h3H,1-2H3,(H,13,14). The van der Waals surface area contributed by atoms with E-state index in [0.717, 1.165) is 0 Å². The van der Waals surface area contributed by atoms with E-state index in [1.54, 1.807) is 19.9 Å². The molecule has 2 aromatic heterocycles. The Hall–Kier alpha value is -1.98. The number of hydrogen-bond acceptors (Lipinski definition) is 4. The summed E-state index contributed by atoms with van der Waals surface area (Å²) in [6.45, 7) is 3.40. The lowest BCUT2D eigenvalue weighted by Gasteiger charge is -2.01. The summed E-state index contributed by atoms with van der Waals surface area (Å²) in [5.41, 5.74) is 1.12. The lowest BCUT2D eigenvalue weighted by atomic mass is 10.4. The molecule has 0 fully saturated rings. The van der Waals surface area contributed by atoms with Gasteiger partial charge < -0.3 is 5.11 Å². The van der Waals surface area contributed by atoms with Crippen molar-refractivity contribution in [1.82, 2.24) is 19.6 Å². The topological polar surface area (TPSA) is 80.4 Å². The molecule has 0 aliphatic carbocycles. The minimum atomic E-state index is -1.08. The highest BCUT2D eigenvalue weighted by atomic mass is 16.4. The Morgan fingerprint density at radius 3 is 2.79 bits per heavy atom. The minimum absolute atomic E-state index is 0.0532. The monoisotopic (exact) mass is 192 g/mol. The molecule has 72 valence electrons. The molecule has 0 spiro atoms. The molecule has 0 aliphatic heterocycles. The van der Waals surface area contributed by atoms with E-state index in [0.29, 0.717) is 17.2 Å². The first kappa shape index (κ1) is 8.61. The number of nitrogens with zero attached hydrogens (tertiary/aromatic N) is 4. The Morgan fingerprint density at radius 1 is 1.43 bits per heavy atom. The van der Waals surface area contributed by atoms with Gasteiger partial charge in [0, 0.05) is 11.8 Å². The summed E-state index contributed by atoms with van der Waals surface area (Å²) in [5.74, 6) is -0.617. The van der Waals surface area contributed by atoms with E-state index < -0.39 is 5.97 Å². The fourth-order valence-corrected chi connectivity index (χ4v) is 1.31. The van der Waals surface area contributed by atoms with Gasteiger partial charge in [-0.3, -0.25) is 4.40 Å². The zero-order chi connectivity index (χ0) is 10.3. The van der Waals surface area contributed by atoms with Crippen LogP contribution in [0.3, 0.4) is 0 Å². The fourth-order valence-electron chi connectivity index (χ4n) is 1.31. The number of carboxylic acids is 1. The predicted molar refractivity (Wildman–Crippen MR) is 47.2 cm³/mol. The van der Waals surface area contributed by atoms with Gasteiger partial charge in [0.05, 0.1) is 0 Å². The largest absolute Gasteiger partial charge is 0.475 e. The van der Waals surface area contributed by atoms with Gasteiger partial charge in [-0.05, 0) is 13.8 Å². The van der Waals surface area contributed by atoms with Crippen molar-refractivity contribution < 1.29 is 9.90 Å². The second-order valence-corrected chi connectivity index (χ2v) is 2.97. The van der Waals surface area contributed by atoms with Crippen LogP contribution in [0.1, 0.15) is 22.1 Å².